The first kappa shape index (κ1) is 15.7. The Kier molecular flexibility index (Phi) is 4.56. The Morgan fingerprint density at radius 1 is 1.05 bits per heavy atom. The quantitative estimate of drug-likeness (QED) is 0.831. The Labute approximate surface area is 128 Å². The molecule has 2 rings (SSSR count). The first-order valence-corrected chi connectivity index (χ1v) is 6.72. The molecule has 0 aliphatic rings. The lowest BCUT2D eigenvalue weighted by atomic mass is 9.90. The lowest BCUT2D eigenvalue weighted by Gasteiger charge is -2.17. The van der Waals surface area contributed by atoms with Crippen LogP contribution in [0, 0.1) is 6.92 Å². The van der Waals surface area contributed by atoms with Gasteiger partial charge in [-0.1, -0.05) is 12.1 Å². The van der Waals surface area contributed by atoms with Gasteiger partial charge in [-0.25, -0.2) is 0 Å². The topological polar surface area (TPSA) is 76.0 Å². The highest BCUT2D eigenvalue weighted by molar-refractivity contribution is 5.72. The molecule has 0 aliphatic carbocycles. The van der Waals surface area contributed by atoms with Gasteiger partial charge in [-0.3, -0.25) is 0 Å². The molecule has 0 radical (unpaired) electrons. The second-order valence-electron chi connectivity index (χ2n) is 4.88. The zero-order chi connectivity index (χ0) is 16.3. The summed E-state index contributed by atoms with van der Waals surface area (Å²) in [4.78, 5) is 11.6. The van der Waals surface area contributed by atoms with Gasteiger partial charge >= 0.3 is 0 Å². The van der Waals surface area contributed by atoms with Crippen LogP contribution in [-0.2, 0) is 4.79 Å². The van der Waals surface area contributed by atoms with Gasteiger partial charge in [-0.2, -0.15) is 0 Å². The van der Waals surface area contributed by atoms with Gasteiger partial charge in [0.1, 0.15) is 17.8 Å². The van der Waals surface area contributed by atoms with Crippen LogP contribution in [0.15, 0.2) is 30.3 Å². The third-order valence-corrected chi connectivity index (χ3v) is 3.67. The van der Waals surface area contributed by atoms with E-state index in [1.54, 1.807) is 25.1 Å². The molecule has 0 bridgehead atoms. The van der Waals surface area contributed by atoms with Gasteiger partial charge in [-0.05, 0) is 30.7 Å². The van der Waals surface area contributed by atoms with Crippen molar-refractivity contribution in [2.45, 2.75) is 12.8 Å². The first-order chi connectivity index (χ1) is 10.5. The number of methoxy groups -OCH3 is 2. The van der Waals surface area contributed by atoms with Crippen molar-refractivity contribution < 1.29 is 24.5 Å². The third kappa shape index (κ3) is 2.70. The smallest absolute Gasteiger partial charge is 0.161 e. The Hall–Kier alpha value is -2.69. The van der Waals surface area contributed by atoms with Crippen LogP contribution in [0.25, 0.3) is 0 Å². The number of aldehydes is 1. The Balaban J connectivity index is 2.53. The highest BCUT2D eigenvalue weighted by atomic mass is 16.5. The largest absolute Gasteiger partial charge is 0.508 e. The maximum atomic E-state index is 11.6. The van der Waals surface area contributed by atoms with E-state index in [0.717, 1.165) is 6.29 Å². The predicted molar refractivity (Wildman–Crippen MR) is 82.0 cm³/mol. The fraction of sp³-hybridized carbons (Fsp3) is 0.235. The second-order valence-corrected chi connectivity index (χ2v) is 4.88. The van der Waals surface area contributed by atoms with Crippen molar-refractivity contribution in [3.8, 4) is 23.0 Å². The molecule has 2 aromatic carbocycles. The van der Waals surface area contributed by atoms with Crippen LogP contribution in [0.3, 0.4) is 0 Å². The van der Waals surface area contributed by atoms with Crippen molar-refractivity contribution in [3.05, 3.63) is 47.0 Å². The monoisotopic (exact) mass is 302 g/mol. The standard InChI is InChI=1S/C17H18O5/c1-10-14(19)6-5-12(17(10)20)13(9-18)11-4-7-15(21-2)16(8-11)22-3/h4-9,13,19-20H,1-3H3. The van der Waals surface area contributed by atoms with Gasteiger partial charge in [-0.15, -0.1) is 0 Å². The summed E-state index contributed by atoms with van der Waals surface area (Å²) in [6.07, 6.45) is 0.743. The van der Waals surface area contributed by atoms with Crippen LogP contribution in [0.2, 0.25) is 0 Å². The molecule has 22 heavy (non-hydrogen) atoms. The minimum absolute atomic E-state index is 0.0155. The fourth-order valence-corrected chi connectivity index (χ4v) is 2.34. The van der Waals surface area contributed by atoms with E-state index in [9.17, 15) is 15.0 Å². The highest BCUT2D eigenvalue weighted by Gasteiger charge is 2.21. The van der Waals surface area contributed by atoms with Crippen LogP contribution in [0.1, 0.15) is 22.6 Å². The predicted octanol–water partition coefficient (Wildman–Crippen LogP) is 2.75. The summed E-state index contributed by atoms with van der Waals surface area (Å²) in [7, 11) is 3.05. The highest BCUT2D eigenvalue weighted by Crippen LogP contribution is 2.38. The van der Waals surface area contributed by atoms with Crippen LogP contribution in [0.5, 0.6) is 23.0 Å². The van der Waals surface area contributed by atoms with Gasteiger partial charge in [0.05, 0.1) is 20.1 Å². The summed E-state index contributed by atoms with van der Waals surface area (Å²) < 4.78 is 10.4. The molecule has 2 aromatic rings. The van der Waals surface area contributed by atoms with Crippen molar-refractivity contribution in [2.75, 3.05) is 14.2 Å². The van der Waals surface area contributed by atoms with Gasteiger partial charge in [0.2, 0.25) is 0 Å². The minimum atomic E-state index is -0.667. The summed E-state index contributed by atoms with van der Waals surface area (Å²) in [6.45, 7) is 1.59. The van der Waals surface area contributed by atoms with E-state index in [1.165, 1.54) is 26.4 Å². The average Bonchev–Trinajstić information content (AvgIpc) is 2.55. The molecular weight excluding hydrogens is 284 g/mol. The number of benzene rings is 2. The number of hydrogen-bond acceptors (Lipinski definition) is 5. The first-order valence-electron chi connectivity index (χ1n) is 6.72. The summed E-state index contributed by atoms with van der Waals surface area (Å²) in [5.41, 5.74) is 1.43. The molecule has 5 heteroatoms. The van der Waals surface area contributed by atoms with E-state index in [0.29, 0.717) is 28.2 Å². The minimum Gasteiger partial charge on any atom is -0.508 e. The third-order valence-electron chi connectivity index (χ3n) is 3.67. The number of carbonyl (C=O) groups excluding carboxylic acids is 1. The van der Waals surface area contributed by atoms with Crippen molar-refractivity contribution in [1.82, 2.24) is 0 Å². The summed E-state index contributed by atoms with van der Waals surface area (Å²) >= 11 is 0. The molecular formula is C17H18O5. The number of phenols is 2. The molecule has 1 unspecified atom stereocenters. The number of phenolic OH excluding ortho intramolecular Hbond substituents is 2. The Bertz CT molecular complexity index is 694. The van der Waals surface area contributed by atoms with E-state index < -0.39 is 5.92 Å². The Morgan fingerprint density at radius 2 is 1.73 bits per heavy atom. The number of rotatable bonds is 5. The Morgan fingerprint density at radius 3 is 2.32 bits per heavy atom. The van der Waals surface area contributed by atoms with Crippen LogP contribution < -0.4 is 9.47 Å². The van der Waals surface area contributed by atoms with E-state index in [-0.39, 0.29) is 11.5 Å². The molecule has 116 valence electrons. The number of aromatic hydroxyl groups is 2. The summed E-state index contributed by atoms with van der Waals surface area (Å²) in [6, 6.07) is 8.13. The van der Waals surface area contributed by atoms with Gasteiger partial charge in [0.15, 0.2) is 11.5 Å². The lowest BCUT2D eigenvalue weighted by Crippen LogP contribution is -2.04. The molecule has 2 N–H and O–H groups in total. The van der Waals surface area contributed by atoms with E-state index in [2.05, 4.69) is 0 Å². The summed E-state index contributed by atoms with van der Waals surface area (Å²) in [5.74, 6) is 0.285. The number of ether oxygens (including phenoxy) is 2. The molecule has 0 saturated heterocycles. The fourth-order valence-electron chi connectivity index (χ4n) is 2.34. The summed E-state index contributed by atoms with van der Waals surface area (Å²) in [5, 5.41) is 19.8. The molecule has 0 amide bonds. The normalized spacial score (nSPS) is 11.8. The van der Waals surface area contributed by atoms with Crippen molar-refractivity contribution >= 4 is 6.29 Å². The molecule has 0 spiro atoms. The molecule has 1 atom stereocenters. The molecule has 5 nitrogen and oxygen atoms in total. The van der Waals surface area contributed by atoms with Crippen molar-refractivity contribution in [2.24, 2.45) is 0 Å². The molecule has 0 aliphatic heterocycles. The van der Waals surface area contributed by atoms with Crippen LogP contribution >= 0.6 is 0 Å². The van der Waals surface area contributed by atoms with Gasteiger partial charge in [0, 0.05) is 11.1 Å². The maximum absolute atomic E-state index is 11.6. The van der Waals surface area contributed by atoms with Crippen molar-refractivity contribution in [1.29, 1.82) is 0 Å². The van der Waals surface area contributed by atoms with E-state index in [1.807, 2.05) is 0 Å². The second kappa shape index (κ2) is 6.39. The van der Waals surface area contributed by atoms with E-state index >= 15 is 0 Å². The number of hydrogen-bond donors (Lipinski definition) is 2. The van der Waals surface area contributed by atoms with Gasteiger partial charge in [0.25, 0.3) is 0 Å². The average molecular weight is 302 g/mol. The van der Waals surface area contributed by atoms with Crippen molar-refractivity contribution in [3.63, 3.8) is 0 Å². The molecule has 0 aromatic heterocycles. The van der Waals surface area contributed by atoms with Gasteiger partial charge < -0.3 is 24.5 Å². The molecule has 0 fully saturated rings. The molecule has 0 saturated carbocycles. The number of carbonyl (C=O) groups is 1. The van der Waals surface area contributed by atoms with E-state index in [4.69, 9.17) is 9.47 Å². The zero-order valence-electron chi connectivity index (χ0n) is 12.7. The molecule has 0 heterocycles. The zero-order valence-corrected chi connectivity index (χ0v) is 12.7. The maximum Gasteiger partial charge on any atom is 0.161 e. The SMILES string of the molecule is COc1ccc(C(C=O)c2ccc(O)c(C)c2O)cc1OC. The van der Waals surface area contributed by atoms with Crippen LogP contribution in [0.4, 0.5) is 0 Å². The van der Waals surface area contributed by atoms with Crippen LogP contribution in [-0.4, -0.2) is 30.7 Å². The lowest BCUT2D eigenvalue weighted by molar-refractivity contribution is -0.108.